The summed E-state index contributed by atoms with van der Waals surface area (Å²) < 4.78 is 16.8. The van der Waals surface area contributed by atoms with Gasteiger partial charge >= 0.3 is 17.9 Å². The molecule has 0 saturated heterocycles. The molecule has 0 radical (unpaired) electrons. The first-order valence-corrected chi connectivity index (χ1v) is 29.3. The van der Waals surface area contributed by atoms with Gasteiger partial charge in [0.15, 0.2) is 6.10 Å². The fourth-order valence-electron chi connectivity index (χ4n) is 8.31. The first-order chi connectivity index (χ1) is 33.5. The minimum absolute atomic E-state index is 0.0979. The van der Waals surface area contributed by atoms with Crippen LogP contribution in [0.5, 0.6) is 0 Å². The Labute approximate surface area is 421 Å². The predicted octanol–water partition coefficient (Wildman–Crippen LogP) is 19.6. The molecule has 0 heterocycles. The van der Waals surface area contributed by atoms with E-state index in [-0.39, 0.29) is 37.5 Å². The molecule has 0 fully saturated rings. The predicted molar refractivity (Wildman–Crippen MR) is 293 cm³/mol. The van der Waals surface area contributed by atoms with Gasteiger partial charge in [-0.1, -0.05) is 255 Å². The molecule has 394 valence electrons. The molecule has 0 aromatic carbocycles. The van der Waals surface area contributed by atoms with E-state index in [1.807, 2.05) is 0 Å². The summed E-state index contributed by atoms with van der Waals surface area (Å²) in [5, 5.41) is 0. The van der Waals surface area contributed by atoms with Gasteiger partial charge in [0.1, 0.15) is 13.2 Å². The molecule has 6 nitrogen and oxygen atoms in total. The molecule has 0 spiro atoms. The van der Waals surface area contributed by atoms with Gasteiger partial charge in [-0.15, -0.1) is 0 Å². The molecule has 1 atom stereocenters. The molecular weight excluding hydrogens is 841 g/mol. The van der Waals surface area contributed by atoms with Gasteiger partial charge in [-0.3, -0.25) is 14.4 Å². The first kappa shape index (κ1) is 65.1. The van der Waals surface area contributed by atoms with Crippen LogP contribution in [0.1, 0.15) is 297 Å². The molecule has 0 aliphatic heterocycles. The Kier molecular flexibility index (Phi) is 54.3. The van der Waals surface area contributed by atoms with Crippen molar-refractivity contribution in [2.45, 2.75) is 303 Å². The molecule has 0 aromatic rings. The molecule has 0 aromatic heterocycles. The highest BCUT2D eigenvalue weighted by Gasteiger charge is 2.19. The second-order valence-corrected chi connectivity index (χ2v) is 19.6. The topological polar surface area (TPSA) is 78.9 Å². The van der Waals surface area contributed by atoms with Crippen molar-refractivity contribution in [3.63, 3.8) is 0 Å². The zero-order valence-electron chi connectivity index (χ0n) is 45.1. The average Bonchev–Trinajstić information content (AvgIpc) is 3.34. The summed E-state index contributed by atoms with van der Waals surface area (Å²) >= 11 is 0. The number of carbonyl (C=O) groups is 3. The lowest BCUT2D eigenvalue weighted by molar-refractivity contribution is -0.167. The zero-order chi connectivity index (χ0) is 49.3. The van der Waals surface area contributed by atoms with Crippen molar-refractivity contribution in [3.05, 3.63) is 60.8 Å². The molecule has 0 aliphatic carbocycles. The third-order valence-corrected chi connectivity index (χ3v) is 12.7. The number of ether oxygens (including phenoxy) is 3. The molecule has 6 heteroatoms. The fraction of sp³-hybridized carbons (Fsp3) is 0.790. The van der Waals surface area contributed by atoms with Gasteiger partial charge in [0.05, 0.1) is 0 Å². The fourth-order valence-corrected chi connectivity index (χ4v) is 8.31. The van der Waals surface area contributed by atoms with Crippen LogP contribution < -0.4 is 0 Å². The summed E-state index contributed by atoms with van der Waals surface area (Å²) in [5.41, 5.74) is 0. The minimum Gasteiger partial charge on any atom is -0.462 e. The summed E-state index contributed by atoms with van der Waals surface area (Å²) in [4.78, 5) is 38.1. The standard InChI is InChI=1S/C62H110O6/c1-4-7-10-13-16-19-22-25-28-30-31-33-34-37-40-43-46-49-52-55-61(64)67-58-59(57-66-60(63)54-51-48-45-42-39-36-27-24-21-18-15-12-9-6-3)68-62(65)56-53-50-47-44-41-38-35-32-29-26-23-20-17-14-11-8-5-2/h17,20,26,29,35-36,38-39,44,47,59H,4-16,18-19,21-25,27-28,30-34,37,40-43,45-46,48-58H2,1-3H3/b20-17-,29-26-,38-35-,39-36-,47-44-. The van der Waals surface area contributed by atoms with Crippen molar-refractivity contribution in [2.75, 3.05) is 13.2 Å². The van der Waals surface area contributed by atoms with E-state index in [1.54, 1.807) is 0 Å². The van der Waals surface area contributed by atoms with Gasteiger partial charge in [-0.2, -0.15) is 0 Å². The molecule has 1 unspecified atom stereocenters. The first-order valence-electron chi connectivity index (χ1n) is 29.3. The average molecular weight is 952 g/mol. The van der Waals surface area contributed by atoms with Crippen LogP contribution >= 0.6 is 0 Å². The number of esters is 3. The summed E-state index contributed by atoms with van der Waals surface area (Å²) in [6.45, 7) is 6.58. The van der Waals surface area contributed by atoms with E-state index >= 15 is 0 Å². The molecule has 0 rings (SSSR count). The molecule has 68 heavy (non-hydrogen) atoms. The van der Waals surface area contributed by atoms with Crippen LogP contribution in [0.2, 0.25) is 0 Å². The summed E-state index contributed by atoms with van der Waals surface area (Å²) in [6, 6.07) is 0. The maximum absolute atomic E-state index is 12.8. The van der Waals surface area contributed by atoms with Gasteiger partial charge in [0, 0.05) is 19.3 Å². The SMILES string of the molecule is CCCCC/C=C\C/C=C\C/C=C\C/C=C\CCCC(=O)OC(COC(=O)CCCCC/C=C\CCCCCCCCC)COC(=O)CCCCCCCCCCCCCCCCCCCCC. The lowest BCUT2D eigenvalue weighted by Crippen LogP contribution is -2.30. The van der Waals surface area contributed by atoms with Crippen molar-refractivity contribution in [3.8, 4) is 0 Å². The van der Waals surface area contributed by atoms with Crippen molar-refractivity contribution >= 4 is 17.9 Å². The Morgan fingerprint density at radius 3 is 0.926 bits per heavy atom. The Hall–Kier alpha value is -2.89. The van der Waals surface area contributed by atoms with Gasteiger partial charge in [-0.25, -0.2) is 0 Å². The van der Waals surface area contributed by atoms with E-state index in [2.05, 4.69) is 81.5 Å². The van der Waals surface area contributed by atoms with E-state index in [9.17, 15) is 14.4 Å². The largest absolute Gasteiger partial charge is 0.462 e. The van der Waals surface area contributed by atoms with Gasteiger partial charge < -0.3 is 14.2 Å². The third kappa shape index (κ3) is 54.1. The van der Waals surface area contributed by atoms with Crippen LogP contribution in [-0.2, 0) is 28.6 Å². The summed E-state index contributed by atoms with van der Waals surface area (Å²) in [7, 11) is 0. The van der Waals surface area contributed by atoms with Crippen LogP contribution in [0.3, 0.4) is 0 Å². The highest BCUT2D eigenvalue weighted by Crippen LogP contribution is 2.16. The lowest BCUT2D eigenvalue weighted by Gasteiger charge is -2.18. The number of unbranched alkanes of at least 4 members (excludes halogenated alkanes) is 32. The van der Waals surface area contributed by atoms with Gasteiger partial charge in [0.2, 0.25) is 0 Å². The van der Waals surface area contributed by atoms with Crippen molar-refractivity contribution in [1.29, 1.82) is 0 Å². The second-order valence-electron chi connectivity index (χ2n) is 19.6. The highest BCUT2D eigenvalue weighted by atomic mass is 16.6. The number of rotatable bonds is 53. The number of carbonyl (C=O) groups excluding carboxylic acids is 3. The Morgan fingerprint density at radius 2 is 0.544 bits per heavy atom. The van der Waals surface area contributed by atoms with Crippen LogP contribution in [0, 0.1) is 0 Å². The maximum atomic E-state index is 12.8. The second kappa shape index (κ2) is 56.7. The van der Waals surface area contributed by atoms with E-state index < -0.39 is 6.10 Å². The molecule has 0 N–H and O–H groups in total. The van der Waals surface area contributed by atoms with E-state index in [0.717, 1.165) is 77.0 Å². The quantitative estimate of drug-likeness (QED) is 0.0262. The number of hydrogen-bond acceptors (Lipinski definition) is 6. The van der Waals surface area contributed by atoms with Crippen LogP contribution in [-0.4, -0.2) is 37.2 Å². The van der Waals surface area contributed by atoms with Crippen LogP contribution in [0.15, 0.2) is 60.8 Å². The molecular formula is C62H110O6. The molecule has 0 saturated carbocycles. The molecule has 0 amide bonds. The van der Waals surface area contributed by atoms with Crippen molar-refractivity contribution in [2.24, 2.45) is 0 Å². The Balaban J connectivity index is 4.43. The maximum Gasteiger partial charge on any atom is 0.306 e. The van der Waals surface area contributed by atoms with E-state index in [1.165, 1.54) is 173 Å². The van der Waals surface area contributed by atoms with Gasteiger partial charge in [-0.05, 0) is 83.5 Å². The zero-order valence-corrected chi connectivity index (χ0v) is 45.1. The monoisotopic (exact) mass is 951 g/mol. The van der Waals surface area contributed by atoms with Crippen molar-refractivity contribution in [1.82, 2.24) is 0 Å². The molecule has 0 bridgehead atoms. The normalized spacial score (nSPS) is 12.5. The summed E-state index contributed by atoms with van der Waals surface area (Å²) in [6.07, 6.45) is 70.8. The highest BCUT2D eigenvalue weighted by molar-refractivity contribution is 5.71. The molecule has 0 aliphatic rings. The van der Waals surface area contributed by atoms with E-state index in [4.69, 9.17) is 14.2 Å². The van der Waals surface area contributed by atoms with Gasteiger partial charge in [0.25, 0.3) is 0 Å². The number of hydrogen-bond donors (Lipinski definition) is 0. The summed E-state index contributed by atoms with van der Waals surface area (Å²) in [5.74, 6) is -0.959. The smallest absolute Gasteiger partial charge is 0.306 e. The van der Waals surface area contributed by atoms with Crippen LogP contribution in [0.25, 0.3) is 0 Å². The third-order valence-electron chi connectivity index (χ3n) is 12.7. The minimum atomic E-state index is -0.807. The van der Waals surface area contributed by atoms with Crippen molar-refractivity contribution < 1.29 is 28.6 Å². The van der Waals surface area contributed by atoms with Crippen LogP contribution in [0.4, 0.5) is 0 Å². The Morgan fingerprint density at radius 1 is 0.294 bits per heavy atom. The lowest BCUT2D eigenvalue weighted by atomic mass is 10.0. The Bertz CT molecular complexity index is 1230. The number of allylic oxidation sites excluding steroid dienone is 10. The van der Waals surface area contributed by atoms with E-state index in [0.29, 0.717) is 19.3 Å².